The molecule has 0 aromatic carbocycles. The Bertz CT molecular complexity index is 97.7. The molecule has 0 atom stereocenters. The Labute approximate surface area is 84.4 Å². The minimum atomic E-state index is 0. The van der Waals surface area contributed by atoms with Gasteiger partial charge >= 0.3 is 0 Å². The summed E-state index contributed by atoms with van der Waals surface area (Å²) in [4.78, 5) is 2.07. The number of hydrogen-bond donors (Lipinski definition) is 1. The average molecular weight is 227 g/mol. The van der Waals surface area contributed by atoms with Crippen molar-refractivity contribution in [3.63, 3.8) is 0 Å². The monoisotopic (exact) mass is 226 g/mol. The molecule has 0 saturated carbocycles. The van der Waals surface area contributed by atoms with Gasteiger partial charge in [0.1, 0.15) is 4.32 Å². The van der Waals surface area contributed by atoms with E-state index in [1.165, 1.54) is 0 Å². The maximum absolute atomic E-state index is 4.87. The van der Waals surface area contributed by atoms with Crippen LogP contribution in [-0.2, 0) is 17.1 Å². The van der Waals surface area contributed by atoms with Crippen LogP contribution >= 0.6 is 24.8 Å². The van der Waals surface area contributed by atoms with Crippen LogP contribution in [0, 0.1) is 0 Å². The molecule has 0 spiro atoms. The number of nitrogens with zero attached hydrogens (tertiary/aromatic N) is 1. The molecular formula is C6H13CuNS2. The molecule has 0 aliphatic rings. The summed E-state index contributed by atoms with van der Waals surface area (Å²) in [6, 6.07) is 0. The second-order valence-electron chi connectivity index (χ2n) is 1.86. The molecule has 1 radical (unpaired) electrons. The summed E-state index contributed by atoms with van der Waals surface area (Å²) in [5.41, 5.74) is 0. The molecule has 1 nitrogen and oxygen atoms in total. The Kier molecular flexibility index (Phi) is 10.5. The van der Waals surface area contributed by atoms with Gasteiger partial charge in [0.25, 0.3) is 0 Å². The first kappa shape index (κ1) is 13.4. The predicted molar refractivity (Wildman–Crippen MR) is 49.1 cm³/mol. The molecule has 0 aromatic heterocycles. The van der Waals surface area contributed by atoms with E-state index < -0.39 is 0 Å². The Morgan fingerprint density at radius 2 is 2.00 bits per heavy atom. The Morgan fingerprint density at radius 1 is 1.50 bits per heavy atom. The van der Waals surface area contributed by atoms with E-state index in [1.807, 2.05) is 0 Å². The summed E-state index contributed by atoms with van der Waals surface area (Å²) in [5, 5.41) is 0. The van der Waals surface area contributed by atoms with Gasteiger partial charge in [0.05, 0.1) is 0 Å². The summed E-state index contributed by atoms with van der Waals surface area (Å²) in [7, 11) is 0. The molecule has 0 rings (SSSR count). The number of hydrogen-bond acceptors (Lipinski definition) is 1. The Morgan fingerprint density at radius 3 is 2.10 bits per heavy atom. The largest absolute Gasteiger partial charge is 0.358 e. The van der Waals surface area contributed by atoms with Crippen LogP contribution in [0.1, 0.15) is 20.3 Å². The SMILES string of the molecule is CCCN(CC)C(=S)S.[Cu]. The third-order valence-electron chi connectivity index (χ3n) is 1.15. The van der Waals surface area contributed by atoms with Crippen molar-refractivity contribution in [1.29, 1.82) is 0 Å². The fourth-order valence-corrected chi connectivity index (χ4v) is 1.12. The van der Waals surface area contributed by atoms with Gasteiger partial charge in [-0.2, -0.15) is 0 Å². The van der Waals surface area contributed by atoms with Crippen LogP contribution in [0.2, 0.25) is 0 Å². The smallest absolute Gasteiger partial charge is 0.133 e. The standard InChI is InChI=1S/C6H13NS2.Cu/c1-3-5-7(4-2)6(8)9;/h3-5H2,1-2H3,(H,8,9);. The average Bonchev–Trinajstić information content (AvgIpc) is 1.82. The van der Waals surface area contributed by atoms with Crippen LogP contribution < -0.4 is 0 Å². The zero-order valence-corrected chi connectivity index (χ0v) is 8.88. The summed E-state index contributed by atoms with van der Waals surface area (Å²) >= 11 is 8.94. The van der Waals surface area contributed by atoms with Gasteiger partial charge in [-0.15, -0.1) is 12.6 Å². The van der Waals surface area contributed by atoms with E-state index in [4.69, 9.17) is 12.2 Å². The van der Waals surface area contributed by atoms with Crippen LogP contribution in [0.15, 0.2) is 0 Å². The first-order chi connectivity index (χ1) is 4.22. The van der Waals surface area contributed by atoms with Crippen LogP contribution in [0.3, 0.4) is 0 Å². The molecule has 0 fully saturated rings. The van der Waals surface area contributed by atoms with Crippen molar-refractivity contribution >= 4 is 29.2 Å². The van der Waals surface area contributed by atoms with E-state index in [2.05, 4.69) is 31.4 Å². The molecule has 10 heavy (non-hydrogen) atoms. The van der Waals surface area contributed by atoms with Gasteiger partial charge in [-0.3, -0.25) is 0 Å². The van der Waals surface area contributed by atoms with Gasteiger partial charge in [-0.1, -0.05) is 19.1 Å². The summed E-state index contributed by atoms with van der Waals surface area (Å²) in [6.07, 6.45) is 1.13. The summed E-state index contributed by atoms with van der Waals surface area (Å²) < 4.78 is 0.708. The van der Waals surface area contributed by atoms with Gasteiger partial charge in [0, 0.05) is 30.2 Å². The first-order valence-electron chi connectivity index (χ1n) is 3.20. The fraction of sp³-hybridized carbons (Fsp3) is 0.833. The Balaban J connectivity index is 0. The van der Waals surface area contributed by atoms with E-state index in [1.54, 1.807) is 0 Å². The zero-order valence-electron chi connectivity index (χ0n) is 6.23. The van der Waals surface area contributed by atoms with Crippen molar-refractivity contribution in [3.05, 3.63) is 0 Å². The second-order valence-corrected chi connectivity index (χ2v) is 2.98. The third-order valence-corrected chi connectivity index (χ3v) is 1.69. The van der Waals surface area contributed by atoms with Gasteiger partial charge in [-0.05, 0) is 13.3 Å². The van der Waals surface area contributed by atoms with Gasteiger partial charge < -0.3 is 4.90 Å². The van der Waals surface area contributed by atoms with Crippen LogP contribution in [0.4, 0.5) is 0 Å². The predicted octanol–water partition coefficient (Wildman–Crippen LogP) is 1.93. The minimum absolute atomic E-state index is 0. The van der Waals surface area contributed by atoms with Crippen molar-refractivity contribution in [1.82, 2.24) is 4.90 Å². The maximum atomic E-state index is 4.87. The van der Waals surface area contributed by atoms with Gasteiger partial charge in [-0.25, -0.2) is 0 Å². The van der Waals surface area contributed by atoms with E-state index >= 15 is 0 Å². The molecular weight excluding hydrogens is 214 g/mol. The molecule has 0 unspecified atom stereocenters. The molecule has 65 valence electrons. The van der Waals surface area contributed by atoms with Crippen molar-refractivity contribution in [2.45, 2.75) is 20.3 Å². The van der Waals surface area contributed by atoms with Crippen molar-refractivity contribution in [2.75, 3.05) is 13.1 Å². The van der Waals surface area contributed by atoms with Crippen molar-refractivity contribution < 1.29 is 17.1 Å². The number of rotatable bonds is 3. The number of thiocarbonyl (C=S) groups is 1. The second kappa shape index (κ2) is 7.86. The molecule has 4 heteroatoms. The molecule has 0 saturated heterocycles. The third kappa shape index (κ3) is 5.54. The zero-order chi connectivity index (χ0) is 7.28. The quantitative estimate of drug-likeness (QED) is 0.445. The molecule has 0 bridgehead atoms. The molecule has 0 aliphatic heterocycles. The molecule has 0 aliphatic carbocycles. The molecule has 0 N–H and O–H groups in total. The normalized spacial score (nSPS) is 8.30. The van der Waals surface area contributed by atoms with Crippen molar-refractivity contribution in [3.8, 4) is 0 Å². The van der Waals surface area contributed by atoms with Crippen LogP contribution in [0.25, 0.3) is 0 Å². The van der Waals surface area contributed by atoms with Crippen LogP contribution in [0.5, 0.6) is 0 Å². The van der Waals surface area contributed by atoms with Crippen LogP contribution in [-0.4, -0.2) is 22.3 Å². The van der Waals surface area contributed by atoms with Gasteiger partial charge in [0.15, 0.2) is 0 Å². The fourth-order valence-electron chi connectivity index (χ4n) is 0.659. The Hall–Kier alpha value is 0.759. The topological polar surface area (TPSA) is 3.24 Å². The summed E-state index contributed by atoms with van der Waals surface area (Å²) in [6.45, 7) is 6.21. The minimum Gasteiger partial charge on any atom is -0.358 e. The molecule has 0 amide bonds. The van der Waals surface area contributed by atoms with E-state index in [0.717, 1.165) is 19.5 Å². The van der Waals surface area contributed by atoms with E-state index in [0.29, 0.717) is 4.32 Å². The number of thiol groups is 1. The van der Waals surface area contributed by atoms with Gasteiger partial charge in [0.2, 0.25) is 0 Å². The van der Waals surface area contributed by atoms with E-state index in [9.17, 15) is 0 Å². The molecule has 0 aromatic rings. The first-order valence-corrected chi connectivity index (χ1v) is 4.05. The summed E-state index contributed by atoms with van der Waals surface area (Å²) in [5.74, 6) is 0. The molecule has 0 heterocycles. The van der Waals surface area contributed by atoms with Crippen molar-refractivity contribution in [2.24, 2.45) is 0 Å². The maximum Gasteiger partial charge on any atom is 0.133 e. The van der Waals surface area contributed by atoms with E-state index in [-0.39, 0.29) is 17.1 Å².